The van der Waals surface area contributed by atoms with Crippen LogP contribution in [0, 0.1) is 12.7 Å². The molecule has 0 aromatic heterocycles. The Kier molecular flexibility index (Phi) is 3.31. The lowest BCUT2D eigenvalue weighted by Crippen LogP contribution is -2.16. The third-order valence-electron chi connectivity index (χ3n) is 1.81. The second-order valence-corrected chi connectivity index (χ2v) is 3.09. The van der Waals surface area contributed by atoms with Crippen LogP contribution in [0.5, 0.6) is 0 Å². The molecule has 1 amide bonds. The van der Waals surface area contributed by atoms with Gasteiger partial charge in [0, 0.05) is 6.54 Å². The van der Waals surface area contributed by atoms with Crippen molar-refractivity contribution in [2.24, 2.45) is 0 Å². The van der Waals surface area contributed by atoms with Crippen LogP contribution in [0.15, 0.2) is 18.2 Å². The molecule has 0 radical (unpaired) electrons. The predicted molar refractivity (Wildman–Crippen MR) is 52.4 cm³/mol. The lowest BCUT2D eigenvalue weighted by atomic mass is 10.1. The number of halogens is 1. The van der Waals surface area contributed by atoms with Gasteiger partial charge < -0.3 is 5.32 Å². The molecule has 0 bridgehead atoms. The van der Waals surface area contributed by atoms with Crippen LogP contribution < -0.4 is 5.32 Å². The summed E-state index contributed by atoms with van der Waals surface area (Å²) in [5, 5.41) is 2.08. The summed E-state index contributed by atoms with van der Waals surface area (Å²) in [5.41, 5.74) is 1.33. The highest BCUT2D eigenvalue weighted by Crippen LogP contribution is 2.11. The summed E-state index contributed by atoms with van der Waals surface area (Å²) in [7, 11) is 0. The Balaban J connectivity index is 2.77. The Hall–Kier alpha value is -1.03. The Morgan fingerprint density at radius 1 is 1.62 bits per heavy atom. The standard InChI is InChI=1S/C9H10FNOS/c1-6-7(5-11-9(12)13)3-2-4-8(6)10/h2-4H,5H2,1H3,(H2,11,12,13). The van der Waals surface area contributed by atoms with Crippen molar-refractivity contribution in [2.45, 2.75) is 13.5 Å². The molecule has 1 N–H and O–H groups in total. The maximum atomic E-state index is 13.0. The zero-order chi connectivity index (χ0) is 9.84. The van der Waals surface area contributed by atoms with E-state index < -0.39 is 5.24 Å². The van der Waals surface area contributed by atoms with Crippen LogP contribution in [-0.2, 0) is 6.54 Å². The van der Waals surface area contributed by atoms with E-state index in [1.54, 1.807) is 19.1 Å². The van der Waals surface area contributed by atoms with Gasteiger partial charge in [0.25, 0.3) is 5.24 Å². The minimum Gasteiger partial charge on any atom is -0.343 e. The molecule has 0 aliphatic rings. The molecule has 0 fully saturated rings. The first-order valence-electron chi connectivity index (χ1n) is 3.82. The van der Waals surface area contributed by atoms with E-state index in [-0.39, 0.29) is 5.82 Å². The second kappa shape index (κ2) is 4.28. The topological polar surface area (TPSA) is 29.1 Å². The van der Waals surface area contributed by atoms with Crippen LogP contribution in [0.3, 0.4) is 0 Å². The van der Waals surface area contributed by atoms with Crippen molar-refractivity contribution in [1.82, 2.24) is 5.32 Å². The monoisotopic (exact) mass is 199 g/mol. The van der Waals surface area contributed by atoms with E-state index in [1.807, 2.05) is 0 Å². The van der Waals surface area contributed by atoms with E-state index in [0.717, 1.165) is 5.56 Å². The van der Waals surface area contributed by atoms with Crippen LogP contribution in [0.2, 0.25) is 0 Å². The average molecular weight is 199 g/mol. The first kappa shape index (κ1) is 10.1. The van der Waals surface area contributed by atoms with Crippen molar-refractivity contribution in [1.29, 1.82) is 0 Å². The summed E-state index contributed by atoms with van der Waals surface area (Å²) in [4.78, 5) is 10.5. The zero-order valence-electron chi connectivity index (χ0n) is 7.17. The van der Waals surface area contributed by atoms with Crippen molar-refractivity contribution in [2.75, 3.05) is 0 Å². The molecular formula is C9H10FNOS. The van der Waals surface area contributed by atoms with Crippen LogP contribution in [0.4, 0.5) is 9.18 Å². The molecule has 0 unspecified atom stereocenters. The van der Waals surface area contributed by atoms with Crippen molar-refractivity contribution in [3.63, 3.8) is 0 Å². The van der Waals surface area contributed by atoms with Crippen molar-refractivity contribution in [3.05, 3.63) is 35.1 Å². The van der Waals surface area contributed by atoms with Gasteiger partial charge in [-0.1, -0.05) is 24.8 Å². The smallest absolute Gasteiger partial charge is 0.276 e. The van der Waals surface area contributed by atoms with Crippen LogP contribution >= 0.6 is 12.6 Å². The SMILES string of the molecule is Cc1c(F)cccc1CNC(=O)S. The van der Waals surface area contributed by atoms with Crippen LogP contribution in [0.1, 0.15) is 11.1 Å². The lowest BCUT2D eigenvalue weighted by molar-refractivity contribution is 0.260. The van der Waals surface area contributed by atoms with Crippen LogP contribution in [0.25, 0.3) is 0 Å². The van der Waals surface area contributed by atoms with Crippen molar-refractivity contribution in [3.8, 4) is 0 Å². The molecule has 0 atom stereocenters. The molecule has 0 heterocycles. The summed E-state index contributed by atoms with van der Waals surface area (Å²) < 4.78 is 13.0. The Morgan fingerprint density at radius 3 is 2.92 bits per heavy atom. The number of benzene rings is 1. The number of nitrogens with one attached hydrogen (secondary N) is 1. The van der Waals surface area contributed by atoms with E-state index in [1.165, 1.54) is 6.07 Å². The van der Waals surface area contributed by atoms with Crippen molar-refractivity contribution >= 4 is 17.9 Å². The summed E-state index contributed by atoms with van der Waals surface area (Å²) >= 11 is 3.54. The van der Waals surface area contributed by atoms with E-state index in [4.69, 9.17) is 0 Å². The fourth-order valence-corrected chi connectivity index (χ4v) is 1.09. The Morgan fingerprint density at radius 2 is 2.31 bits per heavy atom. The highest BCUT2D eigenvalue weighted by atomic mass is 32.1. The van der Waals surface area contributed by atoms with Gasteiger partial charge in [-0.2, -0.15) is 0 Å². The molecule has 1 rings (SSSR count). The van der Waals surface area contributed by atoms with E-state index >= 15 is 0 Å². The zero-order valence-corrected chi connectivity index (χ0v) is 8.07. The van der Waals surface area contributed by atoms with Gasteiger partial charge in [0.15, 0.2) is 0 Å². The van der Waals surface area contributed by atoms with Gasteiger partial charge in [-0.05, 0) is 24.1 Å². The molecular weight excluding hydrogens is 189 g/mol. The van der Waals surface area contributed by atoms with Gasteiger partial charge in [0.1, 0.15) is 5.82 Å². The normalized spacial score (nSPS) is 9.77. The number of carbonyl (C=O) groups excluding carboxylic acids is 1. The van der Waals surface area contributed by atoms with E-state index in [2.05, 4.69) is 17.9 Å². The molecule has 70 valence electrons. The van der Waals surface area contributed by atoms with Crippen molar-refractivity contribution < 1.29 is 9.18 Å². The molecule has 1 aromatic carbocycles. The molecule has 0 aliphatic heterocycles. The minimum atomic E-state index is -0.413. The largest absolute Gasteiger partial charge is 0.343 e. The first-order valence-corrected chi connectivity index (χ1v) is 4.27. The molecule has 0 aliphatic carbocycles. The molecule has 4 heteroatoms. The molecule has 1 aromatic rings. The van der Waals surface area contributed by atoms with Gasteiger partial charge in [-0.25, -0.2) is 4.39 Å². The maximum absolute atomic E-state index is 13.0. The van der Waals surface area contributed by atoms with E-state index in [9.17, 15) is 9.18 Å². The number of thiol groups is 1. The van der Waals surface area contributed by atoms with Gasteiger partial charge in [-0.3, -0.25) is 4.79 Å². The molecule has 13 heavy (non-hydrogen) atoms. The van der Waals surface area contributed by atoms with Crippen LogP contribution in [-0.4, -0.2) is 5.24 Å². The second-order valence-electron chi connectivity index (χ2n) is 2.68. The number of hydrogen-bond acceptors (Lipinski definition) is 1. The van der Waals surface area contributed by atoms with Gasteiger partial charge in [0.05, 0.1) is 0 Å². The summed E-state index contributed by atoms with van der Waals surface area (Å²) in [5.74, 6) is -0.258. The van der Waals surface area contributed by atoms with E-state index in [0.29, 0.717) is 12.1 Å². The Bertz CT molecular complexity index is 327. The summed E-state index contributed by atoms with van der Waals surface area (Å²) in [6.45, 7) is 1.99. The third kappa shape index (κ3) is 2.73. The minimum absolute atomic E-state index is 0.258. The molecule has 0 saturated carbocycles. The van der Waals surface area contributed by atoms with Gasteiger partial charge in [-0.15, -0.1) is 0 Å². The number of carbonyl (C=O) groups is 1. The fraction of sp³-hybridized carbons (Fsp3) is 0.222. The highest BCUT2D eigenvalue weighted by Gasteiger charge is 2.03. The third-order valence-corrected chi connectivity index (χ3v) is 1.97. The Labute approximate surface area is 81.6 Å². The first-order chi connectivity index (χ1) is 6.11. The quantitative estimate of drug-likeness (QED) is 0.703. The predicted octanol–water partition coefficient (Wildman–Crippen LogP) is 2.27. The maximum Gasteiger partial charge on any atom is 0.276 e. The number of amides is 1. The summed E-state index contributed by atoms with van der Waals surface area (Å²) in [6.07, 6.45) is 0. The van der Waals surface area contributed by atoms with Gasteiger partial charge in [0.2, 0.25) is 0 Å². The lowest BCUT2D eigenvalue weighted by Gasteiger charge is -2.05. The summed E-state index contributed by atoms with van der Waals surface area (Å²) in [6, 6.07) is 4.77. The fourth-order valence-electron chi connectivity index (χ4n) is 1.01. The highest BCUT2D eigenvalue weighted by molar-refractivity contribution is 7.96. The molecule has 2 nitrogen and oxygen atoms in total. The molecule has 0 spiro atoms. The number of hydrogen-bond donors (Lipinski definition) is 2. The molecule has 0 saturated heterocycles. The number of rotatable bonds is 2. The average Bonchev–Trinajstić information content (AvgIpc) is 2.07. The van der Waals surface area contributed by atoms with Gasteiger partial charge >= 0.3 is 0 Å².